The standard InChI is InChI=1S/C16H22O4/c1-5-20-15(19)16(11(2)3,14(17)18)10-13-9-7-6-8-12(13)4/h6-9,11H,5,10H2,1-4H3,(H,17,18). The van der Waals surface area contributed by atoms with E-state index in [1.54, 1.807) is 20.8 Å². The largest absolute Gasteiger partial charge is 0.480 e. The number of carbonyl (C=O) groups is 2. The first-order valence-corrected chi connectivity index (χ1v) is 6.81. The van der Waals surface area contributed by atoms with E-state index in [0.29, 0.717) is 0 Å². The molecule has 4 nitrogen and oxygen atoms in total. The van der Waals surface area contributed by atoms with E-state index in [2.05, 4.69) is 0 Å². The molecular weight excluding hydrogens is 256 g/mol. The number of rotatable bonds is 6. The van der Waals surface area contributed by atoms with Crippen molar-refractivity contribution < 1.29 is 19.4 Å². The molecule has 1 atom stereocenters. The number of hydrogen-bond acceptors (Lipinski definition) is 3. The molecule has 0 fully saturated rings. The Balaban J connectivity index is 3.27. The number of carboxylic acid groups (broad SMARTS) is 1. The molecule has 1 N–H and O–H groups in total. The summed E-state index contributed by atoms with van der Waals surface area (Å²) in [6, 6.07) is 7.50. The minimum Gasteiger partial charge on any atom is -0.480 e. The zero-order chi connectivity index (χ0) is 15.3. The smallest absolute Gasteiger partial charge is 0.324 e. The van der Waals surface area contributed by atoms with Gasteiger partial charge in [-0.15, -0.1) is 0 Å². The lowest BCUT2D eigenvalue weighted by Crippen LogP contribution is -2.47. The predicted octanol–water partition coefficient (Wildman–Crippen LogP) is 2.83. The fraction of sp³-hybridized carbons (Fsp3) is 0.500. The summed E-state index contributed by atoms with van der Waals surface area (Å²) in [5.41, 5.74) is 0.294. The molecular formula is C16H22O4. The van der Waals surface area contributed by atoms with Crippen LogP contribution in [0.15, 0.2) is 24.3 Å². The molecule has 0 aliphatic carbocycles. The van der Waals surface area contributed by atoms with Crippen molar-refractivity contribution in [3.63, 3.8) is 0 Å². The van der Waals surface area contributed by atoms with Crippen LogP contribution in [0.2, 0.25) is 0 Å². The fourth-order valence-corrected chi connectivity index (χ4v) is 2.29. The van der Waals surface area contributed by atoms with Gasteiger partial charge in [0, 0.05) is 0 Å². The van der Waals surface area contributed by atoms with Gasteiger partial charge in [-0.2, -0.15) is 0 Å². The van der Waals surface area contributed by atoms with E-state index < -0.39 is 17.4 Å². The molecule has 0 amide bonds. The van der Waals surface area contributed by atoms with E-state index in [4.69, 9.17) is 4.74 Å². The molecule has 1 rings (SSSR count). The Morgan fingerprint density at radius 3 is 2.35 bits per heavy atom. The van der Waals surface area contributed by atoms with Crippen LogP contribution in [0.5, 0.6) is 0 Å². The first-order valence-electron chi connectivity index (χ1n) is 6.81. The molecule has 0 bridgehead atoms. The highest BCUT2D eigenvalue weighted by Gasteiger charge is 2.50. The second-order valence-electron chi connectivity index (χ2n) is 5.25. The van der Waals surface area contributed by atoms with Gasteiger partial charge in [0.1, 0.15) is 0 Å². The molecule has 1 aromatic rings. The van der Waals surface area contributed by atoms with Crippen molar-refractivity contribution in [2.24, 2.45) is 11.3 Å². The molecule has 0 saturated carbocycles. The minimum atomic E-state index is -1.54. The highest BCUT2D eigenvalue weighted by molar-refractivity contribution is 5.99. The molecule has 0 aliphatic rings. The number of benzene rings is 1. The zero-order valence-electron chi connectivity index (χ0n) is 12.5. The van der Waals surface area contributed by atoms with E-state index in [0.717, 1.165) is 11.1 Å². The summed E-state index contributed by atoms with van der Waals surface area (Å²) in [4.78, 5) is 24.1. The molecule has 0 saturated heterocycles. The van der Waals surface area contributed by atoms with Crippen molar-refractivity contribution in [3.8, 4) is 0 Å². The van der Waals surface area contributed by atoms with Crippen LogP contribution < -0.4 is 0 Å². The lowest BCUT2D eigenvalue weighted by atomic mass is 9.72. The molecule has 0 aliphatic heterocycles. The number of ether oxygens (including phenoxy) is 1. The average Bonchev–Trinajstić information content (AvgIpc) is 2.37. The number of carbonyl (C=O) groups excluding carboxylic acids is 1. The van der Waals surface area contributed by atoms with Crippen molar-refractivity contribution in [2.75, 3.05) is 6.61 Å². The second-order valence-corrected chi connectivity index (χ2v) is 5.25. The maximum Gasteiger partial charge on any atom is 0.324 e. The van der Waals surface area contributed by atoms with Gasteiger partial charge in [0.25, 0.3) is 0 Å². The van der Waals surface area contributed by atoms with Gasteiger partial charge >= 0.3 is 11.9 Å². The van der Waals surface area contributed by atoms with Gasteiger partial charge in [-0.1, -0.05) is 38.1 Å². The van der Waals surface area contributed by atoms with Gasteiger partial charge in [-0.3, -0.25) is 9.59 Å². The van der Waals surface area contributed by atoms with E-state index >= 15 is 0 Å². The highest BCUT2D eigenvalue weighted by atomic mass is 16.5. The Morgan fingerprint density at radius 1 is 1.30 bits per heavy atom. The van der Waals surface area contributed by atoms with Crippen LogP contribution in [0, 0.1) is 18.3 Å². The van der Waals surface area contributed by atoms with E-state index in [-0.39, 0.29) is 18.9 Å². The van der Waals surface area contributed by atoms with E-state index in [9.17, 15) is 14.7 Å². The summed E-state index contributed by atoms with van der Waals surface area (Å²) >= 11 is 0. The third-order valence-corrected chi connectivity index (χ3v) is 3.74. The molecule has 1 aromatic carbocycles. The maximum atomic E-state index is 12.3. The first kappa shape index (κ1) is 16.2. The number of esters is 1. The first-order chi connectivity index (χ1) is 9.36. The molecule has 110 valence electrons. The average molecular weight is 278 g/mol. The van der Waals surface area contributed by atoms with Crippen LogP contribution in [0.1, 0.15) is 31.9 Å². The van der Waals surface area contributed by atoms with Gasteiger partial charge < -0.3 is 9.84 Å². The zero-order valence-corrected chi connectivity index (χ0v) is 12.5. The Kier molecular flexibility index (Phi) is 5.31. The van der Waals surface area contributed by atoms with Gasteiger partial charge in [-0.25, -0.2) is 0 Å². The van der Waals surface area contributed by atoms with Crippen LogP contribution in [-0.4, -0.2) is 23.7 Å². The van der Waals surface area contributed by atoms with Gasteiger partial charge in [-0.05, 0) is 37.3 Å². The summed E-state index contributed by atoms with van der Waals surface area (Å²) in [7, 11) is 0. The predicted molar refractivity (Wildman–Crippen MR) is 76.4 cm³/mol. The third kappa shape index (κ3) is 3.00. The van der Waals surface area contributed by atoms with E-state index in [1.165, 1.54) is 0 Å². The monoisotopic (exact) mass is 278 g/mol. The lowest BCUT2D eigenvalue weighted by molar-refractivity contribution is -0.172. The fourth-order valence-electron chi connectivity index (χ4n) is 2.29. The van der Waals surface area contributed by atoms with Crippen LogP contribution in [0.3, 0.4) is 0 Å². The van der Waals surface area contributed by atoms with Crippen molar-refractivity contribution >= 4 is 11.9 Å². The van der Waals surface area contributed by atoms with Crippen LogP contribution in [0.4, 0.5) is 0 Å². The molecule has 0 aromatic heterocycles. The summed E-state index contributed by atoms with van der Waals surface area (Å²) < 4.78 is 5.02. The Hall–Kier alpha value is -1.84. The topological polar surface area (TPSA) is 63.6 Å². The molecule has 0 radical (unpaired) electrons. The van der Waals surface area contributed by atoms with Gasteiger partial charge in [0.2, 0.25) is 0 Å². The molecule has 0 spiro atoms. The van der Waals surface area contributed by atoms with Crippen LogP contribution in [0.25, 0.3) is 0 Å². The number of aliphatic carboxylic acids is 1. The van der Waals surface area contributed by atoms with Crippen molar-refractivity contribution in [3.05, 3.63) is 35.4 Å². The number of aryl methyl sites for hydroxylation is 1. The Morgan fingerprint density at radius 2 is 1.90 bits per heavy atom. The minimum absolute atomic E-state index is 0.144. The van der Waals surface area contributed by atoms with E-state index in [1.807, 2.05) is 31.2 Å². The summed E-state index contributed by atoms with van der Waals surface area (Å²) in [6.07, 6.45) is 0.144. The second kappa shape index (κ2) is 6.55. The van der Waals surface area contributed by atoms with Crippen molar-refractivity contribution in [2.45, 2.75) is 34.1 Å². The van der Waals surface area contributed by atoms with Crippen LogP contribution >= 0.6 is 0 Å². The summed E-state index contributed by atoms with van der Waals surface area (Å²) in [6.45, 7) is 7.24. The molecule has 0 heterocycles. The van der Waals surface area contributed by atoms with Gasteiger partial charge in [0.05, 0.1) is 6.61 Å². The third-order valence-electron chi connectivity index (χ3n) is 3.74. The summed E-state index contributed by atoms with van der Waals surface area (Å²) in [5.74, 6) is -2.15. The Bertz CT molecular complexity index is 493. The number of hydrogen-bond donors (Lipinski definition) is 1. The van der Waals surface area contributed by atoms with Gasteiger partial charge in [0.15, 0.2) is 5.41 Å². The maximum absolute atomic E-state index is 12.3. The normalized spacial score (nSPS) is 13.8. The molecule has 1 unspecified atom stereocenters. The molecule has 20 heavy (non-hydrogen) atoms. The van der Waals surface area contributed by atoms with Crippen LogP contribution in [-0.2, 0) is 20.7 Å². The lowest BCUT2D eigenvalue weighted by Gasteiger charge is -2.31. The van der Waals surface area contributed by atoms with Crippen molar-refractivity contribution in [1.82, 2.24) is 0 Å². The quantitative estimate of drug-likeness (QED) is 0.642. The van der Waals surface area contributed by atoms with Crippen molar-refractivity contribution in [1.29, 1.82) is 0 Å². The highest BCUT2D eigenvalue weighted by Crippen LogP contribution is 2.35. The molecule has 4 heteroatoms. The SMILES string of the molecule is CCOC(=O)C(Cc1ccccc1C)(C(=O)O)C(C)C. The number of carboxylic acids is 1. The summed E-state index contributed by atoms with van der Waals surface area (Å²) in [5, 5.41) is 9.64. The Labute approximate surface area is 119 Å².